The molecular weight excluding hydrogens is 333 g/mol. The lowest BCUT2D eigenvalue weighted by atomic mass is 10.0. The van der Waals surface area contributed by atoms with E-state index in [4.69, 9.17) is 5.73 Å². The lowest BCUT2D eigenvalue weighted by Crippen LogP contribution is -2.42. The van der Waals surface area contributed by atoms with Crippen molar-refractivity contribution in [3.8, 4) is 0 Å². The second-order valence-electron chi connectivity index (χ2n) is 6.61. The van der Waals surface area contributed by atoms with Gasteiger partial charge in [0.25, 0.3) is 0 Å². The summed E-state index contributed by atoms with van der Waals surface area (Å²) in [6.07, 6.45) is 7.40. The Hall–Kier alpha value is -2.54. The largest absolute Gasteiger partial charge is 0.367 e. The predicted molar refractivity (Wildman–Crippen MR) is 98.0 cm³/mol. The Bertz CT molecular complexity index is 727. The van der Waals surface area contributed by atoms with Crippen LogP contribution in [-0.2, 0) is 11.2 Å². The Kier molecular flexibility index (Phi) is 6.12. The fourth-order valence-electron chi connectivity index (χ4n) is 3.35. The SMILES string of the molecule is N[C@@H](CC(=O)N1CCC[C@H]1CNc1cnccn1)Cc1ccccc1F. The molecule has 6 nitrogen and oxygen atoms in total. The number of aromatic nitrogens is 2. The van der Waals surface area contributed by atoms with Crippen molar-refractivity contribution in [2.75, 3.05) is 18.4 Å². The van der Waals surface area contributed by atoms with E-state index in [2.05, 4.69) is 15.3 Å². The van der Waals surface area contributed by atoms with Gasteiger partial charge in [-0.25, -0.2) is 9.37 Å². The minimum atomic E-state index is -0.395. The average molecular weight is 357 g/mol. The third kappa shape index (κ3) is 4.76. The van der Waals surface area contributed by atoms with Gasteiger partial charge in [0.15, 0.2) is 0 Å². The smallest absolute Gasteiger partial charge is 0.224 e. The van der Waals surface area contributed by atoms with Crippen molar-refractivity contribution in [2.24, 2.45) is 5.73 Å². The summed E-state index contributed by atoms with van der Waals surface area (Å²) < 4.78 is 13.7. The fourth-order valence-corrected chi connectivity index (χ4v) is 3.35. The number of likely N-dealkylation sites (tertiary alicyclic amines) is 1. The number of nitrogens with zero attached hydrogens (tertiary/aromatic N) is 3. The lowest BCUT2D eigenvalue weighted by molar-refractivity contribution is -0.132. The average Bonchev–Trinajstić information content (AvgIpc) is 3.11. The minimum Gasteiger partial charge on any atom is -0.367 e. The van der Waals surface area contributed by atoms with E-state index in [-0.39, 0.29) is 24.2 Å². The van der Waals surface area contributed by atoms with Crippen molar-refractivity contribution >= 4 is 11.7 Å². The molecule has 7 heteroatoms. The van der Waals surface area contributed by atoms with E-state index in [9.17, 15) is 9.18 Å². The molecule has 3 N–H and O–H groups in total. The summed E-state index contributed by atoms with van der Waals surface area (Å²) >= 11 is 0. The summed E-state index contributed by atoms with van der Waals surface area (Å²) in [4.78, 5) is 22.7. The Labute approximate surface area is 152 Å². The Morgan fingerprint density at radius 3 is 3.00 bits per heavy atom. The van der Waals surface area contributed by atoms with Crippen LogP contribution >= 0.6 is 0 Å². The van der Waals surface area contributed by atoms with E-state index in [1.54, 1.807) is 36.8 Å². The molecule has 1 amide bonds. The van der Waals surface area contributed by atoms with Crippen LogP contribution in [0.2, 0.25) is 0 Å². The first-order chi connectivity index (χ1) is 12.6. The van der Waals surface area contributed by atoms with Crippen LogP contribution in [-0.4, -0.2) is 45.9 Å². The molecule has 1 saturated heterocycles. The molecule has 26 heavy (non-hydrogen) atoms. The summed E-state index contributed by atoms with van der Waals surface area (Å²) in [6, 6.07) is 6.27. The van der Waals surface area contributed by atoms with Crippen LogP contribution in [0.1, 0.15) is 24.8 Å². The Morgan fingerprint density at radius 2 is 2.23 bits per heavy atom. The maximum absolute atomic E-state index is 13.7. The zero-order valence-corrected chi connectivity index (χ0v) is 14.6. The summed E-state index contributed by atoms with van der Waals surface area (Å²) in [5.74, 6) is 0.447. The summed E-state index contributed by atoms with van der Waals surface area (Å²) in [5, 5.41) is 3.22. The van der Waals surface area contributed by atoms with E-state index >= 15 is 0 Å². The molecule has 0 radical (unpaired) electrons. The van der Waals surface area contributed by atoms with Gasteiger partial charge in [-0.2, -0.15) is 0 Å². The number of anilines is 1. The van der Waals surface area contributed by atoms with Gasteiger partial charge in [-0.15, -0.1) is 0 Å². The van der Waals surface area contributed by atoms with Crippen LogP contribution in [0.15, 0.2) is 42.9 Å². The third-order valence-electron chi connectivity index (χ3n) is 4.66. The second kappa shape index (κ2) is 8.71. The summed E-state index contributed by atoms with van der Waals surface area (Å²) in [7, 11) is 0. The molecule has 1 aliphatic heterocycles. The lowest BCUT2D eigenvalue weighted by Gasteiger charge is -2.26. The van der Waals surface area contributed by atoms with Crippen LogP contribution in [0.4, 0.5) is 10.2 Å². The molecule has 2 heterocycles. The van der Waals surface area contributed by atoms with E-state index in [1.807, 2.05) is 4.90 Å². The molecule has 138 valence electrons. The normalized spacial score (nSPS) is 17.9. The molecule has 0 unspecified atom stereocenters. The van der Waals surface area contributed by atoms with Gasteiger partial charge in [0, 0.05) is 44.0 Å². The maximum Gasteiger partial charge on any atom is 0.224 e. The highest BCUT2D eigenvalue weighted by atomic mass is 19.1. The van der Waals surface area contributed by atoms with Crippen molar-refractivity contribution in [1.82, 2.24) is 14.9 Å². The van der Waals surface area contributed by atoms with E-state index in [0.717, 1.165) is 19.4 Å². The van der Waals surface area contributed by atoms with Gasteiger partial charge in [-0.1, -0.05) is 18.2 Å². The predicted octanol–water partition coefficient (Wildman–Crippen LogP) is 1.98. The topological polar surface area (TPSA) is 84.1 Å². The zero-order valence-electron chi connectivity index (χ0n) is 14.6. The molecule has 0 saturated carbocycles. The van der Waals surface area contributed by atoms with Gasteiger partial charge in [-0.05, 0) is 30.9 Å². The Balaban J connectivity index is 1.52. The second-order valence-corrected chi connectivity index (χ2v) is 6.61. The van der Waals surface area contributed by atoms with Crippen LogP contribution in [0.3, 0.4) is 0 Å². The number of nitrogens with one attached hydrogen (secondary N) is 1. The summed E-state index contributed by atoms with van der Waals surface area (Å²) in [5.41, 5.74) is 6.66. The zero-order chi connectivity index (χ0) is 18.4. The summed E-state index contributed by atoms with van der Waals surface area (Å²) in [6.45, 7) is 1.37. The maximum atomic E-state index is 13.7. The van der Waals surface area contributed by atoms with Crippen LogP contribution < -0.4 is 11.1 Å². The molecule has 1 aromatic carbocycles. The molecule has 2 atom stereocenters. The van der Waals surface area contributed by atoms with Crippen molar-refractivity contribution < 1.29 is 9.18 Å². The van der Waals surface area contributed by atoms with E-state index < -0.39 is 6.04 Å². The molecule has 2 aromatic rings. The number of benzene rings is 1. The molecular formula is C19H24FN5O. The Morgan fingerprint density at radius 1 is 1.38 bits per heavy atom. The number of rotatable bonds is 7. The standard InChI is InChI=1S/C19H24FN5O/c20-17-6-2-1-4-14(17)10-15(21)11-19(26)25-9-3-5-16(25)12-24-18-13-22-7-8-23-18/h1-2,4,6-8,13,15-16H,3,5,9-12,21H2,(H,23,24)/t15-,16+/m1/s1. The van der Waals surface area contributed by atoms with Crippen molar-refractivity contribution in [1.29, 1.82) is 0 Å². The van der Waals surface area contributed by atoms with E-state index in [0.29, 0.717) is 24.3 Å². The third-order valence-corrected chi connectivity index (χ3v) is 4.66. The number of nitrogens with two attached hydrogens (primary N) is 1. The van der Waals surface area contributed by atoms with Gasteiger partial charge >= 0.3 is 0 Å². The highest BCUT2D eigenvalue weighted by Crippen LogP contribution is 2.20. The van der Waals surface area contributed by atoms with Crippen LogP contribution in [0.5, 0.6) is 0 Å². The van der Waals surface area contributed by atoms with Gasteiger partial charge in [0.05, 0.1) is 6.20 Å². The molecule has 1 fully saturated rings. The van der Waals surface area contributed by atoms with Crippen LogP contribution in [0, 0.1) is 5.82 Å². The van der Waals surface area contributed by atoms with Gasteiger partial charge in [-0.3, -0.25) is 9.78 Å². The molecule has 0 spiro atoms. The van der Waals surface area contributed by atoms with E-state index in [1.165, 1.54) is 6.07 Å². The molecule has 3 rings (SSSR count). The highest BCUT2D eigenvalue weighted by Gasteiger charge is 2.29. The minimum absolute atomic E-state index is 0.0253. The van der Waals surface area contributed by atoms with Crippen molar-refractivity contribution in [2.45, 2.75) is 37.8 Å². The number of halogens is 1. The first kappa shape index (κ1) is 18.3. The van der Waals surface area contributed by atoms with Crippen molar-refractivity contribution in [3.63, 3.8) is 0 Å². The number of amides is 1. The molecule has 0 aliphatic carbocycles. The van der Waals surface area contributed by atoms with Crippen molar-refractivity contribution in [3.05, 3.63) is 54.2 Å². The highest BCUT2D eigenvalue weighted by molar-refractivity contribution is 5.77. The fraction of sp³-hybridized carbons (Fsp3) is 0.421. The molecule has 1 aliphatic rings. The number of carbonyl (C=O) groups excluding carboxylic acids is 1. The molecule has 0 bridgehead atoms. The van der Waals surface area contributed by atoms with Gasteiger partial charge in [0.1, 0.15) is 11.6 Å². The monoisotopic (exact) mass is 357 g/mol. The number of hydrogen-bond donors (Lipinski definition) is 2. The van der Waals surface area contributed by atoms with Gasteiger partial charge in [0.2, 0.25) is 5.91 Å². The first-order valence-corrected chi connectivity index (χ1v) is 8.92. The first-order valence-electron chi connectivity index (χ1n) is 8.92. The quantitative estimate of drug-likeness (QED) is 0.792. The number of hydrogen-bond acceptors (Lipinski definition) is 5. The van der Waals surface area contributed by atoms with Gasteiger partial charge < -0.3 is 16.0 Å². The molecule has 1 aromatic heterocycles. The van der Waals surface area contributed by atoms with Crippen LogP contribution in [0.25, 0.3) is 0 Å². The number of carbonyl (C=O) groups is 1.